The number of benzene rings is 2. The van der Waals surface area contributed by atoms with Crippen molar-refractivity contribution in [3.05, 3.63) is 54.1 Å². The number of anilines is 1. The number of hydrogen-bond acceptors (Lipinski definition) is 4. The molecule has 0 aliphatic heterocycles. The van der Waals surface area contributed by atoms with E-state index in [2.05, 4.69) is 15.6 Å². The Morgan fingerprint density at radius 3 is 2.47 bits per heavy atom. The Morgan fingerprint density at radius 1 is 1.07 bits per heavy atom. The molecule has 2 N–H and O–H groups in total. The molecule has 3 rings (SSSR count). The minimum Gasteiger partial charge on any atom is -0.351 e. The standard InChI is InChI=1S/C23H28N4O2S/c1-5-23(3,4)26-21(29)15-30-22-25-18-8-6-7-9-19(18)27(22)14-20(28)24-17-12-10-16(2)11-13-17/h6-13H,5,14-15H2,1-4H3,(H,24,28)(H,26,29). The summed E-state index contributed by atoms with van der Waals surface area (Å²) in [6.07, 6.45) is 0.848. The largest absolute Gasteiger partial charge is 0.351 e. The van der Waals surface area contributed by atoms with Crippen molar-refractivity contribution in [1.29, 1.82) is 0 Å². The summed E-state index contributed by atoms with van der Waals surface area (Å²) in [5.74, 6) is 0.0572. The van der Waals surface area contributed by atoms with E-state index in [0.717, 1.165) is 28.7 Å². The fourth-order valence-electron chi connectivity index (χ4n) is 2.93. The maximum atomic E-state index is 12.7. The molecular weight excluding hydrogens is 396 g/mol. The van der Waals surface area contributed by atoms with E-state index in [9.17, 15) is 9.59 Å². The van der Waals surface area contributed by atoms with Crippen molar-refractivity contribution in [3.8, 4) is 0 Å². The summed E-state index contributed by atoms with van der Waals surface area (Å²) in [6, 6.07) is 15.4. The van der Waals surface area contributed by atoms with E-state index in [1.54, 1.807) is 0 Å². The number of carbonyl (C=O) groups is 2. The molecule has 1 heterocycles. The van der Waals surface area contributed by atoms with Gasteiger partial charge in [0, 0.05) is 11.2 Å². The topological polar surface area (TPSA) is 76.0 Å². The van der Waals surface area contributed by atoms with Gasteiger partial charge >= 0.3 is 0 Å². The van der Waals surface area contributed by atoms with Crippen molar-refractivity contribution in [1.82, 2.24) is 14.9 Å². The maximum absolute atomic E-state index is 12.7. The van der Waals surface area contributed by atoms with Crippen molar-refractivity contribution in [3.63, 3.8) is 0 Å². The Bertz CT molecular complexity index is 1040. The van der Waals surface area contributed by atoms with E-state index >= 15 is 0 Å². The number of fused-ring (bicyclic) bond motifs is 1. The first kappa shape index (κ1) is 21.9. The van der Waals surface area contributed by atoms with Gasteiger partial charge in [-0.2, -0.15) is 0 Å². The molecule has 3 aromatic rings. The molecule has 30 heavy (non-hydrogen) atoms. The quantitative estimate of drug-likeness (QED) is 0.526. The number of thioether (sulfide) groups is 1. The molecule has 0 saturated carbocycles. The lowest BCUT2D eigenvalue weighted by molar-refractivity contribution is -0.120. The van der Waals surface area contributed by atoms with Gasteiger partial charge in [0.05, 0.1) is 16.8 Å². The van der Waals surface area contributed by atoms with Gasteiger partial charge in [-0.15, -0.1) is 0 Å². The molecular formula is C23H28N4O2S. The first-order valence-electron chi connectivity index (χ1n) is 10.0. The lowest BCUT2D eigenvalue weighted by Crippen LogP contribution is -2.43. The zero-order valence-corrected chi connectivity index (χ0v) is 18.7. The second-order valence-electron chi connectivity index (χ2n) is 7.96. The molecule has 0 aliphatic carbocycles. The molecule has 2 amide bonds. The molecule has 0 atom stereocenters. The molecule has 1 aromatic heterocycles. The van der Waals surface area contributed by atoms with Gasteiger partial charge in [0.1, 0.15) is 6.54 Å². The highest BCUT2D eigenvalue weighted by Gasteiger charge is 2.20. The number of nitrogens with one attached hydrogen (secondary N) is 2. The molecule has 7 heteroatoms. The summed E-state index contributed by atoms with van der Waals surface area (Å²) in [6.45, 7) is 8.17. The highest BCUT2D eigenvalue weighted by molar-refractivity contribution is 7.99. The monoisotopic (exact) mass is 424 g/mol. The highest BCUT2D eigenvalue weighted by atomic mass is 32.2. The average Bonchev–Trinajstić information content (AvgIpc) is 3.05. The second-order valence-corrected chi connectivity index (χ2v) is 8.90. The van der Waals surface area contributed by atoms with Crippen molar-refractivity contribution >= 4 is 40.3 Å². The van der Waals surface area contributed by atoms with Crippen LogP contribution < -0.4 is 10.6 Å². The zero-order valence-electron chi connectivity index (χ0n) is 17.9. The molecule has 0 saturated heterocycles. The summed E-state index contributed by atoms with van der Waals surface area (Å²) < 4.78 is 1.86. The molecule has 2 aromatic carbocycles. The van der Waals surface area contributed by atoms with Gasteiger partial charge < -0.3 is 15.2 Å². The van der Waals surface area contributed by atoms with E-state index in [1.165, 1.54) is 11.8 Å². The minimum absolute atomic E-state index is 0.0467. The van der Waals surface area contributed by atoms with Crippen LogP contribution in [0.3, 0.4) is 0 Å². The van der Waals surface area contributed by atoms with E-state index in [4.69, 9.17) is 0 Å². The number of rotatable bonds is 8. The molecule has 0 fully saturated rings. The van der Waals surface area contributed by atoms with Crippen LogP contribution in [0, 0.1) is 6.92 Å². The summed E-state index contributed by atoms with van der Waals surface area (Å²) >= 11 is 1.34. The summed E-state index contributed by atoms with van der Waals surface area (Å²) in [7, 11) is 0. The number of imidazole rings is 1. The number of para-hydroxylation sites is 2. The zero-order chi connectivity index (χ0) is 21.7. The predicted octanol–water partition coefficient (Wildman–Crippen LogP) is 4.38. The van der Waals surface area contributed by atoms with Crippen LogP contribution in [0.15, 0.2) is 53.7 Å². The van der Waals surface area contributed by atoms with Crippen LogP contribution >= 0.6 is 11.8 Å². The highest BCUT2D eigenvalue weighted by Crippen LogP contribution is 2.24. The number of amides is 2. The van der Waals surface area contributed by atoms with Gasteiger partial charge in [0.2, 0.25) is 11.8 Å². The number of carbonyl (C=O) groups excluding carboxylic acids is 2. The van der Waals surface area contributed by atoms with Crippen LogP contribution in [0.5, 0.6) is 0 Å². The van der Waals surface area contributed by atoms with E-state index in [-0.39, 0.29) is 29.7 Å². The lowest BCUT2D eigenvalue weighted by atomic mass is 10.0. The van der Waals surface area contributed by atoms with E-state index in [1.807, 2.05) is 80.8 Å². The van der Waals surface area contributed by atoms with Gasteiger partial charge in [-0.25, -0.2) is 4.98 Å². The fraction of sp³-hybridized carbons (Fsp3) is 0.348. The second kappa shape index (κ2) is 9.34. The molecule has 6 nitrogen and oxygen atoms in total. The van der Waals surface area contributed by atoms with Crippen LogP contribution in [0.2, 0.25) is 0 Å². The first-order valence-corrected chi connectivity index (χ1v) is 11.0. The fourth-order valence-corrected chi connectivity index (χ4v) is 3.74. The third-order valence-corrected chi connectivity index (χ3v) is 5.93. The van der Waals surface area contributed by atoms with E-state index in [0.29, 0.717) is 5.16 Å². The lowest BCUT2D eigenvalue weighted by Gasteiger charge is -2.24. The number of aryl methyl sites for hydroxylation is 1. The van der Waals surface area contributed by atoms with Crippen LogP contribution in [0.25, 0.3) is 11.0 Å². The normalized spacial score (nSPS) is 11.5. The number of hydrogen-bond donors (Lipinski definition) is 2. The Balaban J connectivity index is 1.75. The van der Waals surface area contributed by atoms with Crippen LogP contribution in [-0.4, -0.2) is 32.7 Å². The van der Waals surface area contributed by atoms with Crippen LogP contribution in [0.4, 0.5) is 5.69 Å². The molecule has 0 unspecified atom stereocenters. The van der Waals surface area contributed by atoms with Crippen LogP contribution in [0.1, 0.15) is 32.8 Å². The van der Waals surface area contributed by atoms with Crippen molar-refractivity contribution in [2.24, 2.45) is 0 Å². The smallest absolute Gasteiger partial charge is 0.244 e. The van der Waals surface area contributed by atoms with Crippen molar-refractivity contribution in [2.75, 3.05) is 11.1 Å². The van der Waals surface area contributed by atoms with Gasteiger partial charge in [-0.05, 0) is 51.5 Å². The van der Waals surface area contributed by atoms with Crippen molar-refractivity contribution < 1.29 is 9.59 Å². The van der Waals surface area contributed by atoms with Crippen LogP contribution in [-0.2, 0) is 16.1 Å². The predicted molar refractivity (Wildman–Crippen MR) is 123 cm³/mol. The maximum Gasteiger partial charge on any atom is 0.244 e. The van der Waals surface area contributed by atoms with E-state index < -0.39 is 0 Å². The summed E-state index contributed by atoms with van der Waals surface area (Å²) in [5.41, 5.74) is 3.32. The minimum atomic E-state index is -0.244. The Hall–Kier alpha value is -2.80. The summed E-state index contributed by atoms with van der Waals surface area (Å²) in [5, 5.41) is 6.61. The Morgan fingerprint density at radius 2 is 1.77 bits per heavy atom. The Kier molecular flexibility index (Phi) is 6.82. The first-order chi connectivity index (χ1) is 14.3. The van der Waals surface area contributed by atoms with Gasteiger partial charge in [0.25, 0.3) is 0 Å². The molecule has 0 aliphatic rings. The number of nitrogens with zero attached hydrogens (tertiary/aromatic N) is 2. The van der Waals surface area contributed by atoms with Gasteiger partial charge in [0.15, 0.2) is 5.16 Å². The average molecular weight is 425 g/mol. The van der Waals surface area contributed by atoms with Crippen molar-refractivity contribution in [2.45, 2.75) is 51.4 Å². The third kappa shape index (κ3) is 5.63. The third-order valence-electron chi connectivity index (χ3n) is 4.95. The summed E-state index contributed by atoms with van der Waals surface area (Å²) in [4.78, 5) is 29.7. The molecule has 0 radical (unpaired) electrons. The van der Waals surface area contributed by atoms with Gasteiger partial charge in [-0.3, -0.25) is 9.59 Å². The van der Waals surface area contributed by atoms with Gasteiger partial charge in [-0.1, -0.05) is 48.5 Å². The molecule has 158 valence electrons. The number of aromatic nitrogens is 2. The molecule has 0 spiro atoms. The SMILES string of the molecule is CCC(C)(C)NC(=O)CSc1nc2ccccc2n1CC(=O)Nc1ccc(C)cc1. The Labute approximate surface area is 181 Å². The molecule has 0 bridgehead atoms.